The lowest BCUT2D eigenvalue weighted by Crippen LogP contribution is -2.46. The van der Waals surface area contributed by atoms with Crippen LogP contribution in [0.2, 0.25) is 0 Å². The topological polar surface area (TPSA) is 12.5 Å². The van der Waals surface area contributed by atoms with Crippen LogP contribution < -0.4 is 0 Å². The fourth-order valence-electron chi connectivity index (χ4n) is 1.41. The van der Waals surface area contributed by atoms with Gasteiger partial charge in [0.15, 0.2) is 0 Å². The molecule has 1 rings (SSSR count). The molecule has 0 amide bonds. The zero-order valence-corrected chi connectivity index (χ0v) is 7.13. The Morgan fingerprint density at radius 3 is 2.70 bits per heavy atom. The third-order valence-electron chi connectivity index (χ3n) is 2.14. The third kappa shape index (κ3) is 1.70. The van der Waals surface area contributed by atoms with E-state index in [9.17, 15) is 0 Å². The van der Waals surface area contributed by atoms with Gasteiger partial charge in [-0.15, -0.1) is 0 Å². The van der Waals surface area contributed by atoms with E-state index in [0.29, 0.717) is 12.1 Å². The molecule has 0 spiro atoms. The molecule has 2 atom stereocenters. The molecule has 2 nitrogen and oxygen atoms in total. The predicted octanol–water partition coefficient (Wildman–Crippen LogP) is 1.12. The molecule has 1 saturated heterocycles. The molecule has 0 N–H and O–H groups in total. The molecular weight excluding hydrogens is 126 g/mol. The number of hydrogen-bond acceptors (Lipinski definition) is 2. The fraction of sp³-hybridized carbons (Fsp3) is 1.00. The van der Waals surface area contributed by atoms with Crippen LogP contribution in [0, 0.1) is 0 Å². The first-order chi connectivity index (χ1) is 4.74. The van der Waals surface area contributed by atoms with Crippen molar-refractivity contribution in [3.8, 4) is 0 Å². The second kappa shape index (κ2) is 3.35. The van der Waals surface area contributed by atoms with Crippen molar-refractivity contribution in [3.05, 3.63) is 0 Å². The lowest BCUT2D eigenvalue weighted by molar-refractivity contribution is -0.0471. The van der Waals surface area contributed by atoms with Crippen LogP contribution in [0.25, 0.3) is 0 Å². The second-order valence-corrected chi connectivity index (χ2v) is 3.08. The molecule has 60 valence electrons. The van der Waals surface area contributed by atoms with Gasteiger partial charge in [-0.25, -0.2) is 0 Å². The quantitative estimate of drug-likeness (QED) is 0.545. The Bertz CT molecular complexity index is 105. The van der Waals surface area contributed by atoms with Gasteiger partial charge in [-0.05, 0) is 20.4 Å². The fourth-order valence-corrected chi connectivity index (χ4v) is 1.41. The summed E-state index contributed by atoms with van der Waals surface area (Å²) in [5, 5.41) is 0. The van der Waals surface area contributed by atoms with E-state index in [0.717, 1.165) is 19.7 Å². The highest BCUT2D eigenvalue weighted by Crippen LogP contribution is 2.09. The van der Waals surface area contributed by atoms with E-state index in [-0.39, 0.29) is 0 Å². The van der Waals surface area contributed by atoms with Crippen molar-refractivity contribution in [1.82, 2.24) is 4.90 Å². The second-order valence-electron chi connectivity index (χ2n) is 3.08. The number of rotatable bonds is 1. The smallest absolute Gasteiger partial charge is 0.0674 e. The molecule has 1 unspecified atom stereocenters. The summed E-state index contributed by atoms with van der Waals surface area (Å²) < 4.78 is 5.48. The van der Waals surface area contributed by atoms with Gasteiger partial charge >= 0.3 is 0 Å². The van der Waals surface area contributed by atoms with E-state index in [2.05, 4.69) is 25.7 Å². The standard InChI is InChI=1S/C8H17NO/c1-4-9-5-8(3)10-6-7(9)2/h7-8H,4-6H2,1-3H3/t7?,8-/m0/s1. The number of ether oxygens (including phenoxy) is 1. The van der Waals surface area contributed by atoms with Crippen LogP contribution in [0.5, 0.6) is 0 Å². The maximum Gasteiger partial charge on any atom is 0.0674 e. The SMILES string of the molecule is CCN1C[C@H](C)OCC1C. The summed E-state index contributed by atoms with van der Waals surface area (Å²) in [7, 11) is 0. The summed E-state index contributed by atoms with van der Waals surface area (Å²) in [5.41, 5.74) is 0. The Morgan fingerprint density at radius 2 is 2.20 bits per heavy atom. The van der Waals surface area contributed by atoms with Gasteiger partial charge in [0.05, 0.1) is 12.7 Å². The van der Waals surface area contributed by atoms with Crippen molar-refractivity contribution >= 4 is 0 Å². The molecule has 0 bridgehead atoms. The van der Waals surface area contributed by atoms with Crippen molar-refractivity contribution in [2.45, 2.75) is 32.9 Å². The molecule has 0 aliphatic carbocycles. The van der Waals surface area contributed by atoms with Gasteiger partial charge in [-0.3, -0.25) is 4.90 Å². The summed E-state index contributed by atoms with van der Waals surface area (Å²) in [6, 6.07) is 0.612. The van der Waals surface area contributed by atoms with Crippen molar-refractivity contribution in [2.24, 2.45) is 0 Å². The first-order valence-electron chi connectivity index (χ1n) is 4.09. The molecule has 0 aromatic carbocycles. The van der Waals surface area contributed by atoms with Crippen LogP contribution in [-0.2, 0) is 4.74 Å². The molecule has 1 aliphatic heterocycles. The zero-order chi connectivity index (χ0) is 7.56. The maximum absolute atomic E-state index is 5.48. The molecule has 10 heavy (non-hydrogen) atoms. The van der Waals surface area contributed by atoms with Crippen molar-refractivity contribution in [2.75, 3.05) is 19.7 Å². The minimum Gasteiger partial charge on any atom is -0.376 e. The average molecular weight is 143 g/mol. The van der Waals surface area contributed by atoms with Crippen LogP contribution in [0.15, 0.2) is 0 Å². The summed E-state index contributed by atoms with van der Waals surface area (Å²) in [6.45, 7) is 9.69. The molecule has 0 saturated carbocycles. The number of likely N-dealkylation sites (N-methyl/N-ethyl adjacent to an activating group) is 1. The van der Waals surface area contributed by atoms with Gasteiger partial charge in [-0.2, -0.15) is 0 Å². The van der Waals surface area contributed by atoms with E-state index in [4.69, 9.17) is 4.74 Å². The van der Waals surface area contributed by atoms with Gasteiger partial charge in [0, 0.05) is 12.6 Å². The molecular formula is C8H17NO. The van der Waals surface area contributed by atoms with E-state index in [1.807, 2.05) is 0 Å². The maximum atomic E-state index is 5.48. The summed E-state index contributed by atoms with van der Waals surface area (Å²) >= 11 is 0. The Kier molecular flexibility index (Phi) is 2.69. The van der Waals surface area contributed by atoms with Crippen LogP contribution >= 0.6 is 0 Å². The molecule has 2 heteroatoms. The largest absolute Gasteiger partial charge is 0.376 e. The van der Waals surface area contributed by atoms with Gasteiger partial charge < -0.3 is 4.74 Å². The number of hydrogen-bond donors (Lipinski definition) is 0. The van der Waals surface area contributed by atoms with E-state index < -0.39 is 0 Å². The van der Waals surface area contributed by atoms with Gasteiger partial charge in [0.2, 0.25) is 0 Å². The van der Waals surface area contributed by atoms with Crippen LogP contribution in [0.3, 0.4) is 0 Å². The molecule has 0 aromatic rings. The number of nitrogens with zero attached hydrogens (tertiary/aromatic N) is 1. The van der Waals surface area contributed by atoms with E-state index in [1.54, 1.807) is 0 Å². The Balaban J connectivity index is 2.38. The predicted molar refractivity (Wildman–Crippen MR) is 42.1 cm³/mol. The highest BCUT2D eigenvalue weighted by atomic mass is 16.5. The number of morpholine rings is 1. The van der Waals surface area contributed by atoms with E-state index >= 15 is 0 Å². The highest BCUT2D eigenvalue weighted by Gasteiger charge is 2.21. The molecule has 1 aliphatic rings. The monoisotopic (exact) mass is 143 g/mol. The lowest BCUT2D eigenvalue weighted by Gasteiger charge is -2.35. The van der Waals surface area contributed by atoms with Crippen molar-refractivity contribution in [3.63, 3.8) is 0 Å². The van der Waals surface area contributed by atoms with Gasteiger partial charge in [0.1, 0.15) is 0 Å². The zero-order valence-electron chi connectivity index (χ0n) is 7.13. The Morgan fingerprint density at radius 1 is 1.50 bits per heavy atom. The first kappa shape index (κ1) is 8.02. The highest BCUT2D eigenvalue weighted by molar-refractivity contribution is 4.73. The summed E-state index contributed by atoms with van der Waals surface area (Å²) in [5.74, 6) is 0. The minimum absolute atomic E-state index is 0.427. The minimum atomic E-state index is 0.427. The molecule has 0 aromatic heterocycles. The van der Waals surface area contributed by atoms with Gasteiger partial charge in [-0.1, -0.05) is 6.92 Å². The third-order valence-corrected chi connectivity index (χ3v) is 2.14. The van der Waals surface area contributed by atoms with Crippen molar-refractivity contribution < 1.29 is 4.74 Å². The average Bonchev–Trinajstić information content (AvgIpc) is 1.94. The van der Waals surface area contributed by atoms with E-state index in [1.165, 1.54) is 0 Å². The normalized spacial score (nSPS) is 36.3. The first-order valence-corrected chi connectivity index (χ1v) is 4.09. The molecule has 1 fully saturated rings. The summed E-state index contributed by atoms with van der Waals surface area (Å²) in [6.07, 6.45) is 0.427. The van der Waals surface area contributed by atoms with Gasteiger partial charge in [0.25, 0.3) is 0 Å². The van der Waals surface area contributed by atoms with Crippen molar-refractivity contribution in [1.29, 1.82) is 0 Å². The van der Waals surface area contributed by atoms with Crippen LogP contribution in [0.1, 0.15) is 20.8 Å². The van der Waals surface area contributed by atoms with Crippen LogP contribution in [0.4, 0.5) is 0 Å². The lowest BCUT2D eigenvalue weighted by atomic mass is 10.2. The van der Waals surface area contributed by atoms with Crippen LogP contribution in [-0.4, -0.2) is 36.7 Å². The molecule has 1 heterocycles. The molecule has 0 radical (unpaired) electrons. The summed E-state index contributed by atoms with van der Waals surface area (Å²) in [4.78, 5) is 2.45. The Labute approximate surface area is 63.2 Å². The Hall–Kier alpha value is -0.0800.